The maximum absolute atomic E-state index is 4.29. The van der Waals surface area contributed by atoms with E-state index in [0.29, 0.717) is 5.54 Å². The molecule has 2 rings (SSSR count). The van der Waals surface area contributed by atoms with Crippen molar-refractivity contribution in [2.75, 3.05) is 26.2 Å². The monoisotopic (exact) mass is 250 g/mol. The molecule has 0 radical (unpaired) electrons. The van der Waals surface area contributed by atoms with Crippen LogP contribution in [0.3, 0.4) is 0 Å². The Bertz CT molecular complexity index is 368. The molecule has 0 aromatic carbocycles. The summed E-state index contributed by atoms with van der Waals surface area (Å²) in [5.41, 5.74) is 0.354. The molecule has 1 aliphatic heterocycles. The third-order valence-electron chi connectivity index (χ3n) is 4.53. The van der Waals surface area contributed by atoms with Crippen LogP contribution in [0.25, 0.3) is 0 Å². The lowest BCUT2D eigenvalue weighted by molar-refractivity contribution is 0.0488. The minimum atomic E-state index is 0.354. The van der Waals surface area contributed by atoms with E-state index in [1.54, 1.807) is 0 Å². The summed E-state index contributed by atoms with van der Waals surface area (Å²) in [5, 5.41) is 3.55. The molecule has 0 saturated carbocycles. The molecule has 1 saturated heterocycles. The van der Waals surface area contributed by atoms with Crippen LogP contribution in [0.5, 0.6) is 0 Å². The van der Waals surface area contributed by atoms with Gasteiger partial charge in [0.25, 0.3) is 0 Å². The first-order valence-corrected chi connectivity index (χ1v) is 7.15. The largest absolute Gasteiger partial charge is 0.334 e. The van der Waals surface area contributed by atoms with Gasteiger partial charge < -0.3 is 9.88 Å². The molecule has 0 unspecified atom stereocenters. The van der Waals surface area contributed by atoms with E-state index in [0.717, 1.165) is 38.5 Å². The summed E-state index contributed by atoms with van der Waals surface area (Å²) in [6, 6.07) is 0. The molecule has 18 heavy (non-hydrogen) atoms. The van der Waals surface area contributed by atoms with E-state index in [1.807, 2.05) is 6.20 Å². The fraction of sp³-hybridized carbons (Fsp3) is 0.786. The van der Waals surface area contributed by atoms with Crippen molar-refractivity contribution in [2.45, 2.75) is 45.7 Å². The van der Waals surface area contributed by atoms with E-state index in [1.165, 1.54) is 12.8 Å². The standard InChI is InChI=1S/C14H26N4/c1-4-14(5-2)12-15-6-9-18(14)11-10-17-8-7-16-13(17)3/h7-8,15H,4-6,9-12H2,1-3H3. The average molecular weight is 250 g/mol. The Balaban J connectivity index is 2.00. The first kappa shape index (κ1) is 13.6. The zero-order valence-corrected chi connectivity index (χ0v) is 11.9. The van der Waals surface area contributed by atoms with Crippen LogP contribution in [-0.4, -0.2) is 46.2 Å². The number of aryl methyl sites for hydroxylation is 1. The van der Waals surface area contributed by atoms with Crippen LogP contribution in [-0.2, 0) is 6.54 Å². The Kier molecular flexibility index (Phi) is 4.40. The number of rotatable bonds is 5. The highest BCUT2D eigenvalue weighted by molar-refractivity contribution is 4.95. The lowest BCUT2D eigenvalue weighted by atomic mass is 9.88. The first-order valence-electron chi connectivity index (χ1n) is 7.15. The van der Waals surface area contributed by atoms with Gasteiger partial charge in [-0.1, -0.05) is 13.8 Å². The van der Waals surface area contributed by atoms with Gasteiger partial charge >= 0.3 is 0 Å². The van der Waals surface area contributed by atoms with Crippen molar-refractivity contribution in [3.8, 4) is 0 Å². The average Bonchev–Trinajstić information content (AvgIpc) is 2.82. The Hall–Kier alpha value is -0.870. The third kappa shape index (κ3) is 2.59. The second kappa shape index (κ2) is 5.85. The van der Waals surface area contributed by atoms with Gasteiger partial charge in [0, 0.05) is 50.7 Å². The predicted octanol–water partition coefficient (Wildman–Crippen LogP) is 1.66. The highest BCUT2D eigenvalue weighted by Gasteiger charge is 2.35. The van der Waals surface area contributed by atoms with Gasteiger partial charge in [-0.2, -0.15) is 0 Å². The molecule has 4 nitrogen and oxygen atoms in total. The third-order valence-corrected chi connectivity index (χ3v) is 4.53. The maximum atomic E-state index is 4.29. The number of aromatic nitrogens is 2. The molecule has 1 aliphatic rings. The van der Waals surface area contributed by atoms with Crippen molar-refractivity contribution in [1.82, 2.24) is 19.8 Å². The quantitative estimate of drug-likeness (QED) is 0.862. The Labute approximate surface area is 110 Å². The first-order chi connectivity index (χ1) is 8.72. The van der Waals surface area contributed by atoms with Crippen molar-refractivity contribution < 1.29 is 0 Å². The number of nitrogens with one attached hydrogen (secondary N) is 1. The van der Waals surface area contributed by atoms with Gasteiger partial charge in [-0.3, -0.25) is 4.90 Å². The molecule has 102 valence electrons. The summed E-state index contributed by atoms with van der Waals surface area (Å²) >= 11 is 0. The highest BCUT2D eigenvalue weighted by atomic mass is 15.3. The molecule has 1 aromatic heterocycles. The van der Waals surface area contributed by atoms with E-state index in [2.05, 4.69) is 46.7 Å². The highest BCUT2D eigenvalue weighted by Crippen LogP contribution is 2.25. The smallest absolute Gasteiger partial charge is 0.105 e. The molecular weight excluding hydrogens is 224 g/mol. The predicted molar refractivity (Wildman–Crippen MR) is 74.7 cm³/mol. The van der Waals surface area contributed by atoms with Crippen LogP contribution in [0, 0.1) is 6.92 Å². The van der Waals surface area contributed by atoms with Crippen molar-refractivity contribution in [1.29, 1.82) is 0 Å². The zero-order chi connectivity index (χ0) is 13.0. The number of imidazole rings is 1. The lowest BCUT2D eigenvalue weighted by Crippen LogP contribution is -2.61. The van der Waals surface area contributed by atoms with Crippen LogP contribution in [0.1, 0.15) is 32.5 Å². The molecule has 1 fully saturated rings. The lowest BCUT2D eigenvalue weighted by Gasteiger charge is -2.47. The van der Waals surface area contributed by atoms with Gasteiger partial charge in [0.05, 0.1) is 0 Å². The zero-order valence-electron chi connectivity index (χ0n) is 11.9. The minimum absolute atomic E-state index is 0.354. The molecule has 1 N–H and O–H groups in total. The number of piperazine rings is 1. The summed E-state index contributed by atoms with van der Waals surface area (Å²) in [6.07, 6.45) is 6.41. The van der Waals surface area contributed by atoms with Crippen molar-refractivity contribution in [3.05, 3.63) is 18.2 Å². The number of nitrogens with zero attached hydrogens (tertiary/aromatic N) is 3. The molecule has 2 heterocycles. The van der Waals surface area contributed by atoms with Crippen LogP contribution in [0.4, 0.5) is 0 Å². The van der Waals surface area contributed by atoms with Crippen molar-refractivity contribution in [2.24, 2.45) is 0 Å². The molecule has 0 bridgehead atoms. The topological polar surface area (TPSA) is 33.1 Å². The summed E-state index contributed by atoms with van der Waals surface area (Å²) in [7, 11) is 0. The van der Waals surface area contributed by atoms with Gasteiger partial charge in [0.2, 0.25) is 0 Å². The van der Waals surface area contributed by atoms with Gasteiger partial charge in [0.1, 0.15) is 5.82 Å². The Morgan fingerprint density at radius 2 is 2.11 bits per heavy atom. The SMILES string of the molecule is CCC1(CC)CNCCN1CCn1ccnc1C. The van der Waals surface area contributed by atoms with E-state index in [9.17, 15) is 0 Å². The Morgan fingerprint density at radius 1 is 1.33 bits per heavy atom. The molecule has 1 aromatic rings. The summed E-state index contributed by atoms with van der Waals surface area (Å²) in [4.78, 5) is 6.96. The van der Waals surface area contributed by atoms with Crippen LogP contribution in [0.2, 0.25) is 0 Å². The van der Waals surface area contributed by atoms with Crippen LogP contribution in [0.15, 0.2) is 12.4 Å². The second-order valence-corrected chi connectivity index (χ2v) is 5.26. The van der Waals surface area contributed by atoms with Crippen molar-refractivity contribution >= 4 is 0 Å². The van der Waals surface area contributed by atoms with Gasteiger partial charge in [-0.25, -0.2) is 4.98 Å². The molecule has 0 atom stereocenters. The molecule has 0 amide bonds. The fourth-order valence-corrected chi connectivity index (χ4v) is 3.05. The number of hydrogen-bond acceptors (Lipinski definition) is 3. The maximum Gasteiger partial charge on any atom is 0.105 e. The Morgan fingerprint density at radius 3 is 2.72 bits per heavy atom. The molecule has 0 spiro atoms. The van der Waals surface area contributed by atoms with Gasteiger partial charge in [-0.05, 0) is 19.8 Å². The minimum Gasteiger partial charge on any atom is -0.334 e. The summed E-state index contributed by atoms with van der Waals surface area (Å²) in [5.74, 6) is 1.11. The number of hydrogen-bond donors (Lipinski definition) is 1. The van der Waals surface area contributed by atoms with E-state index in [4.69, 9.17) is 0 Å². The van der Waals surface area contributed by atoms with Crippen LogP contribution < -0.4 is 5.32 Å². The van der Waals surface area contributed by atoms with E-state index < -0.39 is 0 Å². The molecule has 4 heteroatoms. The summed E-state index contributed by atoms with van der Waals surface area (Å²) in [6.45, 7) is 12.3. The van der Waals surface area contributed by atoms with Gasteiger partial charge in [0.15, 0.2) is 0 Å². The normalized spacial score (nSPS) is 20.2. The summed E-state index contributed by atoms with van der Waals surface area (Å²) < 4.78 is 2.25. The molecular formula is C14H26N4. The van der Waals surface area contributed by atoms with E-state index >= 15 is 0 Å². The van der Waals surface area contributed by atoms with Crippen molar-refractivity contribution in [3.63, 3.8) is 0 Å². The second-order valence-electron chi connectivity index (χ2n) is 5.26. The van der Waals surface area contributed by atoms with Gasteiger partial charge in [-0.15, -0.1) is 0 Å². The van der Waals surface area contributed by atoms with E-state index in [-0.39, 0.29) is 0 Å². The fourth-order valence-electron chi connectivity index (χ4n) is 3.05. The van der Waals surface area contributed by atoms with Crippen LogP contribution >= 0.6 is 0 Å². The molecule has 0 aliphatic carbocycles.